The number of fused-ring (bicyclic) bond motifs is 2. The van der Waals surface area contributed by atoms with E-state index in [1.807, 2.05) is 0 Å². The molecule has 8 unspecified atom stereocenters. The van der Waals surface area contributed by atoms with Gasteiger partial charge in [0, 0.05) is 0 Å². The summed E-state index contributed by atoms with van der Waals surface area (Å²) in [5.41, 5.74) is 3.34. The van der Waals surface area contributed by atoms with Crippen molar-refractivity contribution in [2.24, 2.45) is 35.5 Å². The van der Waals surface area contributed by atoms with Crippen molar-refractivity contribution in [2.75, 3.05) is 0 Å². The first kappa shape index (κ1) is 65.2. The second-order valence-electron chi connectivity index (χ2n) is 20.4. The third kappa shape index (κ3) is 14.7. The maximum absolute atomic E-state index is 4.93. The second-order valence-corrected chi connectivity index (χ2v) is 36.7. The molecular weight excluding hydrogens is 1150 g/mol. The van der Waals surface area contributed by atoms with Crippen LogP contribution in [0.15, 0.2) is 183 Å². The van der Waals surface area contributed by atoms with Crippen molar-refractivity contribution in [1.82, 2.24) is 0 Å². The molecule has 10 rings (SSSR count). The van der Waals surface area contributed by atoms with Gasteiger partial charge in [-0.1, -0.05) is 268 Å². The zero-order valence-electron chi connectivity index (χ0n) is 44.3. The third-order valence-corrected chi connectivity index (χ3v) is 29.9. The van der Waals surface area contributed by atoms with Crippen molar-refractivity contribution < 1.29 is 41.7 Å². The Hall–Kier alpha value is -1.06. The third-order valence-electron chi connectivity index (χ3n) is 17.4. The van der Waals surface area contributed by atoms with Crippen LogP contribution >= 0.6 is 34.1 Å². The molecule has 8 atom stereocenters. The van der Waals surface area contributed by atoms with Crippen molar-refractivity contribution >= 4 is 70.9 Å². The number of halogens is 4. The van der Waals surface area contributed by atoms with Gasteiger partial charge in [-0.3, -0.25) is 0 Å². The van der Waals surface area contributed by atoms with E-state index >= 15 is 0 Å². The SMILES string of the molecule is C=CCCC1CC([Si](c2ccccc2)(c2ccccc2)C2CCCC2)C2C=CC=CC12.CCCCC1CC([Si](c2ccccc2)(c2ccccc2)C2CCCC2)C2C=CC=CC12.[CH3-].[CH3-].[CH3-].[CH3-].[Cl][Zr+2][Cl].[Cl][Zr+2][Cl]. The van der Waals surface area contributed by atoms with E-state index < -0.39 is 57.8 Å². The molecular formula is C64H86Cl4Si2Zr2. The summed E-state index contributed by atoms with van der Waals surface area (Å²) in [6, 6.07) is 47.3. The quantitative estimate of drug-likeness (QED) is 0.0671. The number of hydrogen-bond donors (Lipinski definition) is 0. The van der Waals surface area contributed by atoms with Crippen LogP contribution in [-0.2, 0) is 41.7 Å². The van der Waals surface area contributed by atoms with Crippen molar-refractivity contribution in [3.63, 3.8) is 0 Å². The average Bonchev–Trinajstić information content (AvgIpc) is 4.25. The first-order valence-corrected chi connectivity index (χ1v) is 43.0. The van der Waals surface area contributed by atoms with Crippen LogP contribution in [0.25, 0.3) is 0 Å². The molecule has 8 heteroatoms. The molecule has 386 valence electrons. The van der Waals surface area contributed by atoms with Gasteiger partial charge in [0.1, 0.15) is 16.1 Å². The zero-order chi connectivity index (χ0) is 47.6. The van der Waals surface area contributed by atoms with Crippen LogP contribution in [0.3, 0.4) is 0 Å². The van der Waals surface area contributed by atoms with Gasteiger partial charge in [-0.05, 0) is 89.8 Å². The minimum atomic E-state index is -1.98. The van der Waals surface area contributed by atoms with Gasteiger partial charge >= 0.3 is 75.7 Å². The normalized spacial score (nSPS) is 24.5. The summed E-state index contributed by atoms with van der Waals surface area (Å²) in [7, 11) is 15.8. The zero-order valence-corrected chi connectivity index (χ0v) is 54.3. The van der Waals surface area contributed by atoms with E-state index in [1.54, 1.807) is 20.7 Å². The number of benzene rings is 4. The van der Waals surface area contributed by atoms with Crippen molar-refractivity contribution in [1.29, 1.82) is 0 Å². The number of rotatable bonds is 14. The predicted octanol–water partition coefficient (Wildman–Crippen LogP) is 18.6. The molecule has 0 saturated heterocycles. The fraction of sp³-hybridized carbons (Fsp3) is 0.406. The molecule has 4 fully saturated rings. The molecule has 4 aromatic rings. The standard InChI is InChI=1S/C30H38Si.C30H36Si.4CH3.4ClH.2Zr/c2*1-2-3-14-24-23-30(29-22-13-12-21-28(24)29)31(27-19-10-11-20-27,25-15-6-4-7-16-25)26-17-8-5-9-18-26;;;;;;;;;;/h4-9,12-13,15-18,21-22,24,27-30H,2-3,10-11,14,19-20,23H2,1H3;2,4-9,12-13,15-18,21-22,24,27-30H,1,3,10-11,14,19-20,23H2;4*1H3;4*1H;;/q;;4*-1;;;;;2*+4/p-4. The number of unbranched alkanes of at least 4 members (excludes halogenated alkanes) is 1. The summed E-state index contributed by atoms with van der Waals surface area (Å²) in [6.45, 7) is 6.38. The Labute approximate surface area is 480 Å². The topological polar surface area (TPSA) is 0 Å². The molecule has 4 aromatic carbocycles. The van der Waals surface area contributed by atoms with Gasteiger partial charge in [0.05, 0.1) is 0 Å². The fourth-order valence-corrected chi connectivity index (χ4v) is 29.4. The Morgan fingerprint density at radius 2 is 0.764 bits per heavy atom. The Balaban J connectivity index is 0.000000327. The predicted molar refractivity (Wildman–Crippen MR) is 323 cm³/mol. The van der Waals surface area contributed by atoms with E-state index in [9.17, 15) is 0 Å². The summed E-state index contributed by atoms with van der Waals surface area (Å²) < 4.78 is 0. The van der Waals surface area contributed by atoms with Gasteiger partial charge in [0.2, 0.25) is 0 Å². The molecule has 4 saturated carbocycles. The van der Waals surface area contributed by atoms with Crippen LogP contribution in [0.4, 0.5) is 0 Å². The van der Waals surface area contributed by atoms with Crippen LogP contribution in [0.2, 0.25) is 22.2 Å². The maximum atomic E-state index is 4.93. The molecule has 0 aromatic heterocycles. The van der Waals surface area contributed by atoms with E-state index in [2.05, 4.69) is 190 Å². The summed E-state index contributed by atoms with van der Waals surface area (Å²) >= 11 is -1.65. The van der Waals surface area contributed by atoms with Crippen LogP contribution in [0.5, 0.6) is 0 Å². The van der Waals surface area contributed by atoms with Crippen molar-refractivity contribution in [2.45, 2.75) is 125 Å². The molecule has 0 spiro atoms. The molecule has 0 radical (unpaired) electrons. The second kappa shape index (κ2) is 34.0. The first-order valence-electron chi connectivity index (χ1n) is 26.0. The number of allylic oxidation sites excluding steroid dienone is 9. The van der Waals surface area contributed by atoms with Crippen molar-refractivity contribution in [3.05, 3.63) is 212 Å². The minimum absolute atomic E-state index is 0. The molecule has 0 bridgehead atoms. The average molecular weight is 1240 g/mol. The van der Waals surface area contributed by atoms with E-state index in [4.69, 9.17) is 34.1 Å². The summed E-state index contributed by atoms with van der Waals surface area (Å²) in [6.07, 6.45) is 42.5. The fourth-order valence-electron chi connectivity index (χ4n) is 15.1. The monoisotopic (exact) mass is 1230 g/mol. The van der Waals surface area contributed by atoms with Gasteiger partial charge in [-0.25, -0.2) is 0 Å². The van der Waals surface area contributed by atoms with Crippen LogP contribution in [0.1, 0.15) is 103 Å². The Kier molecular flexibility index (Phi) is 30.8. The first-order chi connectivity index (χ1) is 33.5. The van der Waals surface area contributed by atoms with Crippen LogP contribution < -0.4 is 20.7 Å². The Morgan fingerprint density at radius 1 is 0.472 bits per heavy atom. The van der Waals surface area contributed by atoms with E-state index in [1.165, 1.54) is 89.9 Å². The van der Waals surface area contributed by atoms with Gasteiger partial charge < -0.3 is 29.7 Å². The molecule has 0 aliphatic heterocycles. The van der Waals surface area contributed by atoms with E-state index in [0.717, 1.165) is 52.3 Å². The number of hydrogen-bond acceptors (Lipinski definition) is 0. The molecule has 0 nitrogen and oxygen atoms in total. The summed E-state index contributed by atoms with van der Waals surface area (Å²) in [5.74, 6) is 4.51. The molecule has 6 aliphatic carbocycles. The Morgan fingerprint density at radius 3 is 1.06 bits per heavy atom. The van der Waals surface area contributed by atoms with Crippen LogP contribution in [-0.4, -0.2) is 16.1 Å². The Bertz CT molecular complexity index is 2110. The summed E-state index contributed by atoms with van der Waals surface area (Å²) in [5, 5.41) is 6.78. The van der Waals surface area contributed by atoms with Gasteiger partial charge in [0.25, 0.3) is 0 Å². The van der Waals surface area contributed by atoms with E-state index in [0.29, 0.717) is 11.8 Å². The van der Waals surface area contributed by atoms with Gasteiger partial charge in [0.15, 0.2) is 0 Å². The molecule has 0 heterocycles. The molecule has 72 heavy (non-hydrogen) atoms. The van der Waals surface area contributed by atoms with Crippen molar-refractivity contribution in [3.8, 4) is 0 Å². The molecule has 6 aliphatic rings. The van der Waals surface area contributed by atoms with Gasteiger partial charge in [-0.2, -0.15) is 0 Å². The molecule has 0 amide bonds. The molecule has 0 N–H and O–H groups in total. The van der Waals surface area contributed by atoms with E-state index in [-0.39, 0.29) is 29.7 Å². The van der Waals surface area contributed by atoms with Gasteiger partial charge in [-0.15, -0.1) is 6.58 Å². The van der Waals surface area contributed by atoms with Crippen LogP contribution in [0, 0.1) is 65.2 Å². The summed E-state index contributed by atoms with van der Waals surface area (Å²) in [4.78, 5) is 0.